The van der Waals surface area contributed by atoms with Crippen LogP contribution in [0.4, 0.5) is 0 Å². The lowest BCUT2D eigenvalue weighted by Gasteiger charge is -2.42. The van der Waals surface area contributed by atoms with Crippen molar-refractivity contribution in [2.45, 2.75) is 45.4 Å². The number of rotatable bonds is 6. The summed E-state index contributed by atoms with van der Waals surface area (Å²) in [6.45, 7) is 8.02. The Morgan fingerprint density at radius 3 is 2.67 bits per heavy atom. The van der Waals surface area contributed by atoms with Gasteiger partial charge in [-0.05, 0) is 73.9 Å². The monoisotopic (exact) mass is 545 g/mol. The second kappa shape index (κ2) is 11.2. The van der Waals surface area contributed by atoms with E-state index in [4.69, 9.17) is 21.1 Å². The van der Waals surface area contributed by atoms with Crippen LogP contribution in [0.5, 0.6) is 5.75 Å². The number of hydrogen-bond acceptors (Lipinski definition) is 5. The molecule has 0 radical (unpaired) electrons. The number of nitrogens with zero attached hydrogens (tertiary/aromatic N) is 2. The molecule has 1 aromatic heterocycles. The van der Waals surface area contributed by atoms with E-state index in [1.807, 2.05) is 68.1 Å². The Kier molecular flexibility index (Phi) is 7.73. The topological polar surface area (TPSA) is 80.8 Å². The van der Waals surface area contributed by atoms with Gasteiger partial charge in [0.2, 0.25) is 5.91 Å². The highest BCUT2D eigenvalue weighted by molar-refractivity contribution is 6.32. The van der Waals surface area contributed by atoms with E-state index in [-0.39, 0.29) is 23.5 Å². The number of aromatic nitrogens is 1. The minimum Gasteiger partial charge on any atom is -0.484 e. The normalized spacial score (nSPS) is 18.1. The van der Waals surface area contributed by atoms with Gasteiger partial charge in [0.25, 0.3) is 5.91 Å². The maximum atomic E-state index is 13.1. The summed E-state index contributed by atoms with van der Waals surface area (Å²) >= 11 is 6.59. The number of ether oxygens (including phenoxy) is 2. The fourth-order valence-electron chi connectivity index (χ4n) is 4.86. The van der Waals surface area contributed by atoms with Crippen LogP contribution in [0.2, 0.25) is 5.02 Å². The van der Waals surface area contributed by atoms with Crippen molar-refractivity contribution in [3.05, 3.63) is 94.3 Å². The molecule has 202 valence electrons. The molecule has 1 unspecified atom stereocenters. The third kappa shape index (κ3) is 6.15. The number of amides is 2. The molecule has 1 saturated heterocycles. The molecule has 1 atom stereocenters. The molecule has 2 aliphatic heterocycles. The lowest BCUT2D eigenvalue weighted by Crippen LogP contribution is -2.55. The molecule has 2 aliphatic rings. The molecule has 8 heteroatoms. The van der Waals surface area contributed by atoms with Crippen LogP contribution < -0.4 is 10.1 Å². The molecule has 1 fully saturated rings. The molecule has 0 aliphatic carbocycles. The Balaban J connectivity index is 1.22. The van der Waals surface area contributed by atoms with Crippen molar-refractivity contribution in [1.29, 1.82) is 0 Å². The Bertz CT molecular complexity index is 1400. The maximum Gasteiger partial charge on any atom is 0.254 e. The van der Waals surface area contributed by atoms with Crippen LogP contribution in [0.15, 0.2) is 66.9 Å². The second-order valence-corrected chi connectivity index (χ2v) is 11.0. The first-order valence-electron chi connectivity index (χ1n) is 13.1. The van der Waals surface area contributed by atoms with E-state index in [0.717, 1.165) is 27.9 Å². The van der Waals surface area contributed by atoms with Gasteiger partial charge in [-0.2, -0.15) is 0 Å². The average molecular weight is 546 g/mol. The summed E-state index contributed by atoms with van der Waals surface area (Å²) in [5.41, 5.74) is 5.06. The van der Waals surface area contributed by atoms with Crippen molar-refractivity contribution in [2.75, 3.05) is 19.8 Å². The summed E-state index contributed by atoms with van der Waals surface area (Å²) in [7, 11) is 0. The van der Waals surface area contributed by atoms with Crippen LogP contribution in [-0.4, -0.2) is 53.1 Å². The molecular weight excluding hydrogens is 514 g/mol. The van der Waals surface area contributed by atoms with Gasteiger partial charge in [0, 0.05) is 48.6 Å². The Morgan fingerprint density at radius 2 is 1.95 bits per heavy atom. The lowest BCUT2D eigenvalue weighted by molar-refractivity contribution is -0.116. The maximum absolute atomic E-state index is 13.1. The van der Waals surface area contributed by atoms with Crippen molar-refractivity contribution in [3.8, 4) is 16.9 Å². The summed E-state index contributed by atoms with van der Waals surface area (Å²) in [5.74, 6) is 0.448. The van der Waals surface area contributed by atoms with E-state index >= 15 is 0 Å². The first-order chi connectivity index (χ1) is 18.7. The number of carbonyl (C=O) groups is 2. The van der Waals surface area contributed by atoms with E-state index in [1.54, 1.807) is 12.3 Å². The summed E-state index contributed by atoms with van der Waals surface area (Å²) in [5, 5.41) is 3.38. The van der Waals surface area contributed by atoms with Gasteiger partial charge in [0.1, 0.15) is 11.9 Å². The van der Waals surface area contributed by atoms with Crippen molar-refractivity contribution in [3.63, 3.8) is 0 Å². The van der Waals surface area contributed by atoms with Crippen LogP contribution in [0, 0.1) is 6.92 Å². The number of pyridine rings is 1. The SMILES string of the molecule is Cc1ccc(CNC(=O)/C=C/C2Cc3cc(-c4ccc(C(=O)N5CCOCC5(C)C)cc4)cc(Cl)c3O2)cn1. The summed E-state index contributed by atoms with van der Waals surface area (Å²) in [6, 6.07) is 15.4. The van der Waals surface area contributed by atoms with E-state index in [2.05, 4.69) is 16.4 Å². The number of halogens is 1. The molecule has 3 heterocycles. The number of aryl methyl sites for hydroxylation is 1. The molecule has 0 spiro atoms. The van der Waals surface area contributed by atoms with Gasteiger partial charge >= 0.3 is 0 Å². The second-order valence-electron chi connectivity index (χ2n) is 10.6. The molecule has 2 amide bonds. The van der Waals surface area contributed by atoms with E-state index in [0.29, 0.717) is 49.1 Å². The summed E-state index contributed by atoms with van der Waals surface area (Å²) in [4.78, 5) is 31.6. The van der Waals surface area contributed by atoms with Gasteiger partial charge in [0.05, 0.1) is 23.8 Å². The lowest BCUT2D eigenvalue weighted by atomic mass is 9.98. The van der Waals surface area contributed by atoms with E-state index < -0.39 is 0 Å². The zero-order valence-corrected chi connectivity index (χ0v) is 23.1. The van der Waals surface area contributed by atoms with Gasteiger partial charge in [-0.25, -0.2) is 0 Å². The van der Waals surface area contributed by atoms with Crippen LogP contribution in [0.25, 0.3) is 11.1 Å². The number of fused-ring (bicyclic) bond motifs is 1. The van der Waals surface area contributed by atoms with Gasteiger partial charge in [0.15, 0.2) is 0 Å². The quantitative estimate of drug-likeness (QED) is 0.434. The van der Waals surface area contributed by atoms with Crippen LogP contribution in [-0.2, 0) is 22.5 Å². The van der Waals surface area contributed by atoms with Gasteiger partial charge < -0.3 is 19.7 Å². The molecule has 1 N–H and O–H groups in total. The smallest absolute Gasteiger partial charge is 0.254 e. The molecule has 0 bridgehead atoms. The summed E-state index contributed by atoms with van der Waals surface area (Å²) < 4.78 is 11.6. The van der Waals surface area contributed by atoms with Crippen molar-refractivity contribution in [1.82, 2.24) is 15.2 Å². The van der Waals surface area contributed by atoms with Gasteiger partial charge in [-0.15, -0.1) is 0 Å². The molecule has 5 rings (SSSR count). The average Bonchev–Trinajstić information content (AvgIpc) is 3.35. The molecule has 39 heavy (non-hydrogen) atoms. The minimum atomic E-state index is -0.342. The number of hydrogen-bond donors (Lipinski definition) is 1. The fraction of sp³-hybridized carbons (Fsp3) is 0.323. The first kappa shape index (κ1) is 26.9. The number of benzene rings is 2. The Hall–Kier alpha value is -3.68. The predicted octanol–water partition coefficient (Wildman–Crippen LogP) is 5.14. The van der Waals surface area contributed by atoms with Gasteiger partial charge in [-0.1, -0.05) is 29.8 Å². The van der Waals surface area contributed by atoms with Crippen LogP contribution in [0.3, 0.4) is 0 Å². The van der Waals surface area contributed by atoms with Crippen molar-refractivity contribution in [2.24, 2.45) is 0 Å². The van der Waals surface area contributed by atoms with E-state index in [1.165, 1.54) is 6.08 Å². The third-order valence-corrected chi connectivity index (χ3v) is 7.35. The highest BCUT2D eigenvalue weighted by atomic mass is 35.5. The highest BCUT2D eigenvalue weighted by Gasteiger charge is 2.34. The standard InChI is InChI=1S/C31H32ClN3O4/c1-20-4-5-21(17-33-20)18-34-28(36)11-10-26-15-25-14-24(16-27(32)29(25)39-26)22-6-8-23(9-7-22)30(37)35-12-13-38-19-31(35,2)3/h4-11,14,16-17,26H,12-13,15,18-19H2,1-3H3,(H,34,36)/b11-10+. The molecule has 2 aromatic carbocycles. The van der Waals surface area contributed by atoms with Crippen molar-refractivity contribution >= 4 is 23.4 Å². The zero-order valence-electron chi connectivity index (χ0n) is 22.4. The number of carbonyl (C=O) groups excluding carboxylic acids is 2. The van der Waals surface area contributed by atoms with Crippen molar-refractivity contribution < 1.29 is 19.1 Å². The molecular formula is C31H32ClN3O4. The van der Waals surface area contributed by atoms with E-state index in [9.17, 15) is 9.59 Å². The Labute approximate surface area is 233 Å². The number of morpholine rings is 1. The molecule has 0 saturated carbocycles. The highest BCUT2D eigenvalue weighted by Crippen LogP contribution is 2.40. The zero-order chi connectivity index (χ0) is 27.6. The van der Waals surface area contributed by atoms with Crippen LogP contribution >= 0.6 is 11.6 Å². The molecule has 7 nitrogen and oxygen atoms in total. The van der Waals surface area contributed by atoms with Gasteiger partial charge in [-0.3, -0.25) is 14.6 Å². The predicted molar refractivity (Wildman–Crippen MR) is 151 cm³/mol. The fourth-order valence-corrected chi connectivity index (χ4v) is 5.14. The summed E-state index contributed by atoms with van der Waals surface area (Å²) in [6.07, 6.45) is 5.34. The number of nitrogens with one attached hydrogen (secondary N) is 1. The Morgan fingerprint density at radius 1 is 1.15 bits per heavy atom. The molecule has 3 aromatic rings. The minimum absolute atomic E-state index is 0.00411. The first-order valence-corrected chi connectivity index (χ1v) is 13.4. The van der Waals surface area contributed by atoms with Crippen LogP contribution in [0.1, 0.15) is 41.0 Å². The third-order valence-electron chi connectivity index (χ3n) is 7.07. The largest absolute Gasteiger partial charge is 0.484 e.